The van der Waals surface area contributed by atoms with Gasteiger partial charge in [0, 0.05) is 5.69 Å². The Kier molecular flexibility index (Phi) is 8.95. The van der Waals surface area contributed by atoms with Gasteiger partial charge in [0.1, 0.15) is 0 Å². The summed E-state index contributed by atoms with van der Waals surface area (Å²) in [6.45, 7) is 7.83. The van der Waals surface area contributed by atoms with E-state index in [1.807, 2.05) is 18.2 Å². The highest BCUT2D eigenvalue weighted by Gasteiger charge is 2.24. The molecule has 0 saturated heterocycles. The van der Waals surface area contributed by atoms with E-state index < -0.39 is 18.5 Å². The molecule has 7 nitrogen and oxygen atoms in total. The first kappa shape index (κ1) is 25.5. The Hall–Kier alpha value is -2.74. The van der Waals surface area contributed by atoms with Gasteiger partial charge in [-0.25, -0.2) is 4.79 Å². The van der Waals surface area contributed by atoms with Crippen molar-refractivity contribution in [3.63, 3.8) is 0 Å². The van der Waals surface area contributed by atoms with Crippen molar-refractivity contribution in [3.8, 4) is 17.2 Å². The van der Waals surface area contributed by atoms with Crippen LogP contribution in [0.25, 0.3) is 0 Å². The maximum absolute atomic E-state index is 12.7. The Balaban J connectivity index is 2.23. The number of benzene rings is 2. The average molecular weight is 508 g/mol. The number of carbonyl (C=O) groups is 2. The van der Waals surface area contributed by atoms with Crippen LogP contribution >= 0.6 is 15.9 Å². The van der Waals surface area contributed by atoms with E-state index in [2.05, 4.69) is 48.9 Å². The molecule has 0 unspecified atom stereocenters. The molecule has 0 spiro atoms. The van der Waals surface area contributed by atoms with E-state index in [0.29, 0.717) is 16.0 Å². The molecule has 2 rings (SSSR count). The van der Waals surface area contributed by atoms with Gasteiger partial charge in [0.15, 0.2) is 18.1 Å². The summed E-state index contributed by atoms with van der Waals surface area (Å²) in [5, 5.41) is 2.93. The molecule has 0 fully saturated rings. The van der Waals surface area contributed by atoms with Crippen LogP contribution in [-0.2, 0) is 9.53 Å². The Labute approximate surface area is 197 Å². The fraction of sp³-hybridized carbons (Fsp3) is 0.417. The Morgan fingerprint density at radius 2 is 1.50 bits per heavy atom. The monoisotopic (exact) mass is 507 g/mol. The van der Waals surface area contributed by atoms with E-state index in [1.165, 1.54) is 27.4 Å². The fourth-order valence-electron chi connectivity index (χ4n) is 3.35. The van der Waals surface area contributed by atoms with Gasteiger partial charge in [0.05, 0.1) is 31.4 Å². The van der Waals surface area contributed by atoms with Crippen molar-refractivity contribution in [1.82, 2.24) is 0 Å². The third kappa shape index (κ3) is 5.54. The SMILES string of the molecule is COc1cc(C(=O)OCC(=O)Nc2c(C(C)C)cccc2C(C)C)c(Br)c(OC)c1OC. The first-order chi connectivity index (χ1) is 15.2. The minimum Gasteiger partial charge on any atom is -0.493 e. The van der Waals surface area contributed by atoms with E-state index in [0.717, 1.165) is 16.8 Å². The smallest absolute Gasteiger partial charge is 0.340 e. The molecule has 2 aromatic rings. The number of para-hydroxylation sites is 1. The second-order valence-corrected chi connectivity index (χ2v) is 8.55. The quantitative estimate of drug-likeness (QED) is 0.450. The second kappa shape index (κ2) is 11.2. The number of hydrogen-bond acceptors (Lipinski definition) is 6. The average Bonchev–Trinajstić information content (AvgIpc) is 2.76. The summed E-state index contributed by atoms with van der Waals surface area (Å²) in [6.07, 6.45) is 0. The highest BCUT2D eigenvalue weighted by molar-refractivity contribution is 9.10. The van der Waals surface area contributed by atoms with E-state index in [1.54, 1.807) is 0 Å². The van der Waals surface area contributed by atoms with Crippen LogP contribution in [0.15, 0.2) is 28.7 Å². The molecule has 1 amide bonds. The lowest BCUT2D eigenvalue weighted by Gasteiger charge is -2.20. The van der Waals surface area contributed by atoms with E-state index >= 15 is 0 Å². The van der Waals surface area contributed by atoms with Gasteiger partial charge in [0.25, 0.3) is 5.91 Å². The molecule has 0 aromatic heterocycles. The van der Waals surface area contributed by atoms with Gasteiger partial charge in [-0.3, -0.25) is 4.79 Å². The van der Waals surface area contributed by atoms with Crippen LogP contribution in [0.2, 0.25) is 0 Å². The van der Waals surface area contributed by atoms with E-state index in [4.69, 9.17) is 18.9 Å². The number of carbonyl (C=O) groups excluding carboxylic acids is 2. The van der Waals surface area contributed by atoms with E-state index in [9.17, 15) is 9.59 Å². The number of hydrogen-bond donors (Lipinski definition) is 1. The van der Waals surface area contributed by atoms with Gasteiger partial charge in [-0.05, 0) is 45.0 Å². The van der Waals surface area contributed by atoms with Gasteiger partial charge in [-0.2, -0.15) is 0 Å². The minimum absolute atomic E-state index is 0.151. The van der Waals surface area contributed by atoms with Crippen molar-refractivity contribution in [3.05, 3.63) is 45.4 Å². The molecule has 1 N–H and O–H groups in total. The lowest BCUT2D eigenvalue weighted by molar-refractivity contribution is -0.119. The topological polar surface area (TPSA) is 83.1 Å². The third-order valence-electron chi connectivity index (χ3n) is 4.96. The van der Waals surface area contributed by atoms with Crippen molar-refractivity contribution >= 4 is 33.5 Å². The predicted octanol–water partition coefficient (Wildman–Crippen LogP) is 5.52. The molecular weight excluding hydrogens is 478 g/mol. The van der Waals surface area contributed by atoms with Gasteiger partial charge < -0.3 is 24.3 Å². The Morgan fingerprint density at radius 1 is 0.938 bits per heavy atom. The maximum Gasteiger partial charge on any atom is 0.340 e. The zero-order valence-corrected chi connectivity index (χ0v) is 21.1. The highest BCUT2D eigenvalue weighted by atomic mass is 79.9. The number of ether oxygens (including phenoxy) is 4. The van der Waals surface area contributed by atoms with E-state index in [-0.39, 0.29) is 23.1 Å². The van der Waals surface area contributed by atoms with Gasteiger partial charge in [0.2, 0.25) is 5.75 Å². The standard InChI is InChI=1S/C24H30BrNO6/c1-13(2)15-9-8-10-16(14(3)4)21(15)26-19(27)12-32-24(28)17-11-18(29-5)22(30-6)23(31-7)20(17)25/h8-11,13-14H,12H2,1-7H3,(H,26,27). The van der Waals surface area contributed by atoms with Crippen LogP contribution in [0.3, 0.4) is 0 Å². The first-order valence-corrected chi connectivity index (χ1v) is 11.0. The minimum atomic E-state index is -0.701. The molecule has 0 heterocycles. The number of nitrogens with one attached hydrogen (secondary N) is 1. The van der Waals surface area contributed by atoms with Crippen LogP contribution in [-0.4, -0.2) is 39.8 Å². The molecule has 8 heteroatoms. The number of amides is 1. The van der Waals surface area contributed by atoms with Crippen LogP contribution in [0.4, 0.5) is 5.69 Å². The van der Waals surface area contributed by atoms with Gasteiger partial charge in [-0.1, -0.05) is 45.9 Å². The van der Waals surface area contributed by atoms with Crippen molar-refractivity contribution in [1.29, 1.82) is 0 Å². The first-order valence-electron chi connectivity index (χ1n) is 10.2. The summed E-state index contributed by atoms with van der Waals surface area (Å²) in [5.74, 6) is 0.252. The number of anilines is 1. The highest BCUT2D eigenvalue weighted by Crippen LogP contribution is 2.44. The molecule has 0 bridgehead atoms. The van der Waals surface area contributed by atoms with Crippen molar-refractivity contribution in [2.24, 2.45) is 0 Å². The molecule has 32 heavy (non-hydrogen) atoms. The molecule has 0 saturated carbocycles. The van der Waals surface area contributed by atoms with Crippen molar-refractivity contribution in [2.45, 2.75) is 39.5 Å². The van der Waals surface area contributed by atoms with Crippen molar-refractivity contribution in [2.75, 3.05) is 33.3 Å². The van der Waals surface area contributed by atoms with Gasteiger partial charge in [-0.15, -0.1) is 0 Å². The summed E-state index contributed by atoms with van der Waals surface area (Å²) in [4.78, 5) is 25.4. The molecule has 174 valence electrons. The van der Waals surface area contributed by atoms with Crippen LogP contribution < -0.4 is 19.5 Å². The largest absolute Gasteiger partial charge is 0.493 e. The third-order valence-corrected chi connectivity index (χ3v) is 5.75. The summed E-state index contributed by atoms with van der Waals surface area (Å²) < 4.78 is 21.6. The second-order valence-electron chi connectivity index (χ2n) is 7.75. The zero-order chi connectivity index (χ0) is 24.0. The summed E-state index contributed by atoms with van der Waals surface area (Å²) in [5.41, 5.74) is 2.98. The number of methoxy groups -OCH3 is 3. The van der Waals surface area contributed by atoms with Crippen molar-refractivity contribution < 1.29 is 28.5 Å². The molecular formula is C24H30BrNO6. The zero-order valence-electron chi connectivity index (χ0n) is 19.5. The summed E-state index contributed by atoms with van der Waals surface area (Å²) >= 11 is 3.35. The van der Waals surface area contributed by atoms with Gasteiger partial charge >= 0.3 is 5.97 Å². The molecule has 0 atom stereocenters. The molecule has 2 aromatic carbocycles. The normalized spacial score (nSPS) is 10.8. The van der Waals surface area contributed by atoms with Crippen LogP contribution in [0.1, 0.15) is 61.0 Å². The Morgan fingerprint density at radius 3 is 1.97 bits per heavy atom. The number of halogens is 1. The molecule has 0 aliphatic rings. The summed E-state index contributed by atoms with van der Waals surface area (Å²) in [6, 6.07) is 7.44. The lowest BCUT2D eigenvalue weighted by Crippen LogP contribution is -2.23. The molecule has 0 aliphatic carbocycles. The lowest BCUT2D eigenvalue weighted by atomic mass is 9.92. The Bertz CT molecular complexity index is 961. The number of esters is 1. The molecule has 0 radical (unpaired) electrons. The molecule has 0 aliphatic heterocycles. The predicted molar refractivity (Wildman–Crippen MR) is 127 cm³/mol. The van der Waals surface area contributed by atoms with Crippen LogP contribution in [0, 0.1) is 0 Å². The summed E-state index contributed by atoms with van der Waals surface area (Å²) in [7, 11) is 4.37. The fourth-order valence-corrected chi connectivity index (χ4v) is 3.97. The number of rotatable bonds is 9. The maximum atomic E-state index is 12.7. The van der Waals surface area contributed by atoms with Crippen LogP contribution in [0.5, 0.6) is 17.2 Å².